The lowest BCUT2D eigenvalue weighted by Gasteiger charge is -2.08. The minimum Gasteiger partial charge on any atom is -0.272 e. The number of aromatic amines is 1. The lowest BCUT2D eigenvalue weighted by atomic mass is 10.1. The highest BCUT2D eigenvalue weighted by atomic mass is 32.1. The van der Waals surface area contributed by atoms with E-state index in [1.54, 1.807) is 4.57 Å². The van der Waals surface area contributed by atoms with Crippen LogP contribution < -0.4 is 0 Å². The van der Waals surface area contributed by atoms with Crippen molar-refractivity contribution < 1.29 is 8.78 Å². The second kappa shape index (κ2) is 5.57. The van der Waals surface area contributed by atoms with Crippen molar-refractivity contribution in [2.45, 2.75) is 6.42 Å². The number of para-hydroxylation sites is 1. The van der Waals surface area contributed by atoms with Crippen molar-refractivity contribution in [1.29, 1.82) is 0 Å². The predicted molar refractivity (Wildman–Crippen MR) is 77.9 cm³/mol. The highest BCUT2D eigenvalue weighted by Crippen LogP contribution is 2.18. The molecule has 3 rings (SSSR count). The van der Waals surface area contributed by atoms with E-state index in [1.807, 2.05) is 30.3 Å². The summed E-state index contributed by atoms with van der Waals surface area (Å²) in [6.07, 6.45) is 0.0144. The van der Waals surface area contributed by atoms with Gasteiger partial charge < -0.3 is 0 Å². The third-order valence-electron chi connectivity index (χ3n) is 3.15. The summed E-state index contributed by atoms with van der Waals surface area (Å²) in [7, 11) is 0. The van der Waals surface area contributed by atoms with E-state index in [1.165, 1.54) is 18.2 Å². The molecule has 21 heavy (non-hydrogen) atoms. The van der Waals surface area contributed by atoms with E-state index in [0.717, 1.165) is 5.69 Å². The third-order valence-corrected chi connectivity index (χ3v) is 3.43. The van der Waals surface area contributed by atoms with E-state index in [9.17, 15) is 8.78 Å². The Morgan fingerprint density at radius 3 is 2.33 bits per heavy atom. The maximum Gasteiger partial charge on any atom is 0.199 e. The van der Waals surface area contributed by atoms with Gasteiger partial charge in [0.15, 0.2) is 4.77 Å². The second-order valence-corrected chi connectivity index (χ2v) is 4.88. The van der Waals surface area contributed by atoms with Crippen LogP contribution in [0, 0.1) is 16.4 Å². The molecular formula is C15H11F2N3S. The standard InChI is InChI=1S/C15H11F2N3S/c16-12-7-4-8-13(17)11(12)9-14-18-19-15(21)20(14)10-5-2-1-3-6-10/h1-8H,9H2,(H,19,21). The SMILES string of the molecule is Fc1cccc(F)c1Cc1n[nH]c(=S)n1-c1ccccc1. The molecule has 0 saturated heterocycles. The first kappa shape index (κ1) is 13.6. The van der Waals surface area contributed by atoms with Gasteiger partial charge in [-0.1, -0.05) is 24.3 Å². The number of nitrogens with zero attached hydrogens (tertiary/aromatic N) is 2. The summed E-state index contributed by atoms with van der Waals surface area (Å²) in [5.74, 6) is -0.734. The van der Waals surface area contributed by atoms with Crippen LogP contribution in [0.4, 0.5) is 8.78 Å². The first-order chi connectivity index (χ1) is 10.2. The zero-order chi connectivity index (χ0) is 14.8. The Balaban J connectivity index is 2.08. The van der Waals surface area contributed by atoms with Crippen molar-refractivity contribution in [3.8, 4) is 5.69 Å². The summed E-state index contributed by atoms with van der Waals surface area (Å²) in [6.45, 7) is 0. The molecule has 0 spiro atoms. The first-order valence-corrected chi connectivity index (χ1v) is 6.72. The molecule has 0 atom stereocenters. The largest absolute Gasteiger partial charge is 0.272 e. The molecule has 6 heteroatoms. The fraction of sp³-hybridized carbons (Fsp3) is 0.0667. The Hall–Kier alpha value is -2.34. The summed E-state index contributed by atoms with van der Waals surface area (Å²) in [5.41, 5.74) is 0.770. The lowest BCUT2D eigenvalue weighted by Crippen LogP contribution is -2.05. The fourth-order valence-corrected chi connectivity index (χ4v) is 2.41. The van der Waals surface area contributed by atoms with Gasteiger partial charge in [-0.3, -0.25) is 9.67 Å². The normalized spacial score (nSPS) is 10.8. The van der Waals surface area contributed by atoms with Crippen molar-refractivity contribution in [2.75, 3.05) is 0 Å². The van der Waals surface area contributed by atoms with Crippen molar-refractivity contribution >= 4 is 12.2 Å². The lowest BCUT2D eigenvalue weighted by molar-refractivity contribution is 0.558. The molecule has 0 aliphatic carbocycles. The molecular weight excluding hydrogens is 292 g/mol. The molecule has 106 valence electrons. The van der Waals surface area contributed by atoms with Crippen LogP contribution in [0.3, 0.4) is 0 Å². The monoisotopic (exact) mass is 303 g/mol. The van der Waals surface area contributed by atoms with Crippen molar-refractivity contribution in [1.82, 2.24) is 14.8 Å². The summed E-state index contributed by atoms with van der Waals surface area (Å²) in [5, 5.41) is 6.75. The molecule has 3 nitrogen and oxygen atoms in total. The Morgan fingerprint density at radius 1 is 1.00 bits per heavy atom. The maximum atomic E-state index is 13.8. The first-order valence-electron chi connectivity index (χ1n) is 6.31. The van der Waals surface area contributed by atoms with Crippen LogP contribution in [0.1, 0.15) is 11.4 Å². The molecule has 1 N–H and O–H groups in total. The van der Waals surface area contributed by atoms with E-state index in [2.05, 4.69) is 10.2 Å². The molecule has 0 bridgehead atoms. The van der Waals surface area contributed by atoms with Gasteiger partial charge in [-0.05, 0) is 36.5 Å². The topological polar surface area (TPSA) is 33.6 Å². The molecule has 0 unspecified atom stereocenters. The minimum atomic E-state index is -0.594. The average molecular weight is 303 g/mol. The number of halogens is 2. The highest BCUT2D eigenvalue weighted by molar-refractivity contribution is 7.71. The van der Waals surface area contributed by atoms with Gasteiger partial charge in [-0.15, -0.1) is 0 Å². The minimum absolute atomic E-state index is 0.0144. The Labute approximate surface area is 124 Å². The van der Waals surface area contributed by atoms with E-state index in [0.29, 0.717) is 10.6 Å². The molecule has 0 aliphatic heterocycles. The van der Waals surface area contributed by atoms with Gasteiger partial charge in [-0.2, -0.15) is 5.10 Å². The molecule has 0 aliphatic rings. The van der Waals surface area contributed by atoms with Crippen LogP contribution in [-0.2, 0) is 6.42 Å². The Kier molecular flexibility index (Phi) is 3.62. The maximum absolute atomic E-state index is 13.8. The van der Waals surface area contributed by atoms with Crippen LogP contribution >= 0.6 is 12.2 Å². The molecule has 0 amide bonds. The van der Waals surface area contributed by atoms with Crippen molar-refractivity contribution in [2.24, 2.45) is 0 Å². The summed E-state index contributed by atoms with van der Waals surface area (Å²) in [4.78, 5) is 0. The van der Waals surface area contributed by atoms with Crippen molar-refractivity contribution in [3.05, 3.63) is 76.3 Å². The molecule has 2 aromatic carbocycles. The van der Waals surface area contributed by atoms with E-state index in [4.69, 9.17) is 12.2 Å². The number of nitrogens with one attached hydrogen (secondary N) is 1. The van der Waals surface area contributed by atoms with Gasteiger partial charge in [0.05, 0.1) is 0 Å². The Morgan fingerprint density at radius 2 is 1.67 bits per heavy atom. The van der Waals surface area contributed by atoms with Gasteiger partial charge in [0.2, 0.25) is 0 Å². The molecule has 0 saturated carbocycles. The van der Waals surface area contributed by atoms with Gasteiger partial charge in [-0.25, -0.2) is 8.78 Å². The molecule has 0 radical (unpaired) electrons. The summed E-state index contributed by atoms with van der Waals surface area (Å²) >= 11 is 5.19. The van der Waals surface area contributed by atoms with Crippen LogP contribution in [0.25, 0.3) is 5.69 Å². The number of hydrogen-bond donors (Lipinski definition) is 1. The van der Waals surface area contributed by atoms with Crippen LogP contribution in [0.15, 0.2) is 48.5 Å². The van der Waals surface area contributed by atoms with Crippen molar-refractivity contribution in [3.63, 3.8) is 0 Å². The van der Waals surface area contributed by atoms with Gasteiger partial charge in [0.25, 0.3) is 0 Å². The van der Waals surface area contributed by atoms with Crippen LogP contribution in [-0.4, -0.2) is 14.8 Å². The van der Waals surface area contributed by atoms with E-state index < -0.39 is 11.6 Å². The zero-order valence-corrected chi connectivity index (χ0v) is 11.7. The number of hydrogen-bond acceptors (Lipinski definition) is 2. The summed E-state index contributed by atoms with van der Waals surface area (Å²) in [6, 6.07) is 13.1. The number of aromatic nitrogens is 3. The average Bonchev–Trinajstić information content (AvgIpc) is 2.85. The quantitative estimate of drug-likeness (QED) is 0.747. The van der Waals surface area contributed by atoms with E-state index in [-0.39, 0.29) is 12.0 Å². The van der Waals surface area contributed by atoms with Crippen LogP contribution in [0.2, 0.25) is 0 Å². The third kappa shape index (κ3) is 2.62. The summed E-state index contributed by atoms with van der Waals surface area (Å²) < 4.78 is 29.6. The highest BCUT2D eigenvalue weighted by Gasteiger charge is 2.14. The fourth-order valence-electron chi connectivity index (χ4n) is 2.15. The zero-order valence-electron chi connectivity index (χ0n) is 10.9. The predicted octanol–water partition coefficient (Wildman–Crippen LogP) is 3.80. The molecule has 3 aromatic rings. The smallest absolute Gasteiger partial charge is 0.199 e. The van der Waals surface area contributed by atoms with Gasteiger partial charge in [0, 0.05) is 17.7 Å². The van der Waals surface area contributed by atoms with Gasteiger partial charge >= 0.3 is 0 Å². The molecule has 0 fully saturated rings. The van der Waals surface area contributed by atoms with Gasteiger partial charge in [0.1, 0.15) is 17.5 Å². The second-order valence-electron chi connectivity index (χ2n) is 4.49. The number of benzene rings is 2. The Bertz CT molecular complexity index is 804. The molecule has 1 heterocycles. The van der Waals surface area contributed by atoms with E-state index >= 15 is 0 Å². The number of rotatable bonds is 3. The van der Waals surface area contributed by atoms with Crippen LogP contribution in [0.5, 0.6) is 0 Å². The molecule has 1 aromatic heterocycles. The number of H-pyrrole nitrogens is 1.